The molecule has 104 valence electrons. The maximum Gasteiger partial charge on any atom is 0.324 e. The summed E-state index contributed by atoms with van der Waals surface area (Å²) in [5.41, 5.74) is -0.703. The van der Waals surface area contributed by atoms with Crippen LogP contribution in [0.15, 0.2) is 0 Å². The third kappa shape index (κ3) is 2.68. The summed E-state index contributed by atoms with van der Waals surface area (Å²) in [6.45, 7) is 6.19. The Balaban J connectivity index is 2.16. The number of aliphatic carboxylic acids is 1. The van der Waals surface area contributed by atoms with Gasteiger partial charge in [0, 0.05) is 32.7 Å². The lowest BCUT2D eigenvalue weighted by molar-refractivity contribution is -0.163. The molecule has 2 N–H and O–H groups in total. The molecule has 5 nitrogen and oxygen atoms in total. The normalized spacial score (nSPS) is 35.1. The summed E-state index contributed by atoms with van der Waals surface area (Å²) in [6.07, 6.45) is 3.23. The van der Waals surface area contributed by atoms with Crippen molar-refractivity contribution in [3.8, 4) is 0 Å². The lowest BCUT2D eigenvalue weighted by Crippen LogP contribution is -2.60. The molecule has 0 aromatic rings. The van der Waals surface area contributed by atoms with E-state index in [2.05, 4.69) is 17.1 Å². The van der Waals surface area contributed by atoms with Crippen LogP contribution in [0, 0.1) is 0 Å². The van der Waals surface area contributed by atoms with Gasteiger partial charge in [-0.05, 0) is 25.8 Å². The highest BCUT2D eigenvalue weighted by atomic mass is 16.5. The van der Waals surface area contributed by atoms with Crippen molar-refractivity contribution < 1.29 is 14.6 Å². The Hall–Kier alpha value is -0.650. The number of nitrogens with one attached hydrogen (secondary N) is 1. The molecular formula is C13H24N2O3. The largest absolute Gasteiger partial charge is 0.480 e. The molecule has 0 aromatic heterocycles. The molecule has 0 aromatic carbocycles. The minimum Gasteiger partial charge on any atom is -0.480 e. The number of carboxylic acid groups (broad SMARTS) is 1. The number of hydrogen-bond donors (Lipinski definition) is 2. The summed E-state index contributed by atoms with van der Waals surface area (Å²) < 4.78 is 5.65. The summed E-state index contributed by atoms with van der Waals surface area (Å²) in [6, 6.07) is 0. The monoisotopic (exact) mass is 256 g/mol. The van der Waals surface area contributed by atoms with Crippen molar-refractivity contribution in [1.29, 1.82) is 0 Å². The van der Waals surface area contributed by atoms with Gasteiger partial charge in [-0.25, -0.2) is 0 Å². The highest BCUT2D eigenvalue weighted by Crippen LogP contribution is 2.33. The van der Waals surface area contributed by atoms with Crippen LogP contribution in [-0.2, 0) is 9.53 Å². The number of carbonyl (C=O) groups is 1. The highest BCUT2D eigenvalue weighted by Gasteiger charge is 2.47. The Morgan fingerprint density at radius 1 is 1.50 bits per heavy atom. The lowest BCUT2D eigenvalue weighted by atomic mass is 9.83. The van der Waals surface area contributed by atoms with E-state index in [1.807, 2.05) is 0 Å². The molecular weight excluding hydrogens is 232 g/mol. The topological polar surface area (TPSA) is 61.8 Å². The van der Waals surface area contributed by atoms with Crippen LogP contribution in [0.25, 0.3) is 0 Å². The molecule has 18 heavy (non-hydrogen) atoms. The highest BCUT2D eigenvalue weighted by molar-refractivity contribution is 5.79. The smallest absolute Gasteiger partial charge is 0.324 e. The first-order valence-electron chi connectivity index (χ1n) is 7.00. The van der Waals surface area contributed by atoms with Crippen LogP contribution in [-0.4, -0.2) is 60.4 Å². The molecule has 2 aliphatic rings. The number of carboxylic acids is 1. The van der Waals surface area contributed by atoms with Crippen molar-refractivity contribution in [1.82, 2.24) is 10.2 Å². The third-order valence-electron chi connectivity index (χ3n) is 4.23. The SMILES string of the molecule is CCC1CC(C(=O)O)(N2CCCNCC2)CCO1. The average molecular weight is 256 g/mol. The van der Waals surface area contributed by atoms with Gasteiger partial charge in [0.1, 0.15) is 5.54 Å². The fraction of sp³-hybridized carbons (Fsp3) is 0.923. The second-order valence-electron chi connectivity index (χ2n) is 5.28. The van der Waals surface area contributed by atoms with Gasteiger partial charge in [-0.1, -0.05) is 6.92 Å². The van der Waals surface area contributed by atoms with Crippen LogP contribution < -0.4 is 5.32 Å². The van der Waals surface area contributed by atoms with Gasteiger partial charge in [0.2, 0.25) is 0 Å². The molecule has 2 fully saturated rings. The Morgan fingerprint density at radius 2 is 2.33 bits per heavy atom. The first-order valence-corrected chi connectivity index (χ1v) is 7.00. The molecule has 2 atom stereocenters. The average Bonchev–Trinajstić information content (AvgIpc) is 2.67. The van der Waals surface area contributed by atoms with Gasteiger partial charge in [0.25, 0.3) is 0 Å². The number of ether oxygens (including phenoxy) is 1. The third-order valence-corrected chi connectivity index (χ3v) is 4.23. The van der Waals surface area contributed by atoms with Gasteiger partial charge in [0.05, 0.1) is 6.10 Å². The molecule has 2 rings (SSSR count). The van der Waals surface area contributed by atoms with E-state index in [4.69, 9.17) is 4.74 Å². The Morgan fingerprint density at radius 3 is 3.06 bits per heavy atom. The maximum atomic E-state index is 11.8. The van der Waals surface area contributed by atoms with Crippen LogP contribution in [0.5, 0.6) is 0 Å². The van der Waals surface area contributed by atoms with Gasteiger partial charge in [-0.15, -0.1) is 0 Å². The molecule has 0 radical (unpaired) electrons. The lowest BCUT2D eigenvalue weighted by Gasteiger charge is -2.45. The van der Waals surface area contributed by atoms with Crippen LogP contribution >= 0.6 is 0 Å². The van der Waals surface area contributed by atoms with Crippen molar-refractivity contribution in [3.05, 3.63) is 0 Å². The van der Waals surface area contributed by atoms with Gasteiger partial charge in [-0.3, -0.25) is 9.69 Å². The fourth-order valence-electron chi connectivity index (χ4n) is 3.08. The molecule has 2 saturated heterocycles. The van der Waals surface area contributed by atoms with Crippen LogP contribution in [0.4, 0.5) is 0 Å². The van der Waals surface area contributed by atoms with Crippen molar-refractivity contribution in [3.63, 3.8) is 0 Å². The molecule has 0 aliphatic carbocycles. The summed E-state index contributed by atoms with van der Waals surface area (Å²) in [5.74, 6) is -0.675. The van der Waals surface area contributed by atoms with Gasteiger partial charge < -0.3 is 15.2 Å². The standard InChI is InChI=1S/C13H24N2O3/c1-2-11-10-13(12(16)17,4-9-18-11)15-7-3-5-14-6-8-15/h11,14H,2-10H2,1H3,(H,16,17). The molecule has 0 saturated carbocycles. The van der Waals surface area contributed by atoms with Gasteiger partial charge >= 0.3 is 5.97 Å². The van der Waals surface area contributed by atoms with E-state index in [1.165, 1.54) is 0 Å². The summed E-state index contributed by atoms with van der Waals surface area (Å²) in [4.78, 5) is 14.0. The van der Waals surface area contributed by atoms with E-state index in [9.17, 15) is 9.90 Å². The molecule has 0 amide bonds. The van der Waals surface area contributed by atoms with E-state index in [0.29, 0.717) is 19.4 Å². The molecule has 0 bridgehead atoms. The van der Waals surface area contributed by atoms with Gasteiger partial charge in [-0.2, -0.15) is 0 Å². The zero-order chi connectivity index (χ0) is 13.0. The van der Waals surface area contributed by atoms with E-state index in [0.717, 1.165) is 39.0 Å². The van der Waals surface area contributed by atoms with Crippen LogP contribution in [0.3, 0.4) is 0 Å². The predicted molar refractivity (Wildman–Crippen MR) is 68.7 cm³/mol. The number of hydrogen-bond acceptors (Lipinski definition) is 4. The minimum absolute atomic E-state index is 0.0889. The first kappa shape index (κ1) is 13.8. The molecule has 2 heterocycles. The molecule has 5 heteroatoms. The summed E-state index contributed by atoms with van der Waals surface area (Å²) >= 11 is 0. The number of rotatable bonds is 3. The van der Waals surface area contributed by atoms with Gasteiger partial charge in [0.15, 0.2) is 0 Å². The zero-order valence-electron chi connectivity index (χ0n) is 11.2. The van der Waals surface area contributed by atoms with Crippen molar-refractivity contribution >= 4 is 5.97 Å². The fourth-order valence-corrected chi connectivity index (χ4v) is 3.08. The van der Waals surface area contributed by atoms with E-state index in [-0.39, 0.29) is 6.10 Å². The maximum absolute atomic E-state index is 11.8. The second kappa shape index (κ2) is 5.99. The Bertz CT molecular complexity index is 290. The zero-order valence-corrected chi connectivity index (χ0v) is 11.2. The summed E-state index contributed by atoms with van der Waals surface area (Å²) in [7, 11) is 0. The summed E-state index contributed by atoms with van der Waals surface area (Å²) in [5, 5.41) is 13.1. The number of nitrogens with zero attached hydrogens (tertiary/aromatic N) is 1. The van der Waals surface area contributed by atoms with Crippen LogP contribution in [0.1, 0.15) is 32.6 Å². The second-order valence-corrected chi connectivity index (χ2v) is 5.28. The Kier molecular flexibility index (Phi) is 4.59. The van der Waals surface area contributed by atoms with Crippen molar-refractivity contribution in [2.75, 3.05) is 32.8 Å². The quantitative estimate of drug-likeness (QED) is 0.778. The van der Waals surface area contributed by atoms with Crippen LogP contribution in [0.2, 0.25) is 0 Å². The van der Waals surface area contributed by atoms with Crippen molar-refractivity contribution in [2.45, 2.75) is 44.2 Å². The first-order chi connectivity index (χ1) is 8.69. The minimum atomic E-state index is -0.703. The van der Waals surface area contributed by atoms with Crippen molar-refractivity contribution in [2.24, 2.45) is 0 Å². The van der Waals surface area contributed by atoms with E-state index < -0.39 is 11.5 Å². The Labute approximate surface area is 108 Å². The molecule has 0 spiro atoms. The van der Waals surface area contributed by atoms with E-state index >= 15 is 0 Å². The molecule has 2 aliphatic heterocycles. The predicted octanol–water partition coefficient (Wildman–Crippen LogP) is 0.694. The molecule has 2 unspecified atom stereocenters. The van der Waals surface area contributed by atoms with E-state index in [1.54, 1.807) is 0 Å².